The smallest absolute Gasteiger partial charge is 0.243 e. The summed E-state index contributed by atoms with van der Waals surface area (Å²) in [5.74, 6) is 1.19. The van der Waals surface area contributed by atoms with E-state index in [9.17, 15) is 5.11 Å². The van der Waals surface area contributed by atoms with Crippen LogP contribution in [0.25, 0.3) is 0 Å². The molecule has 2 atom stereocenters. The highest BCUT2D eigenvalue weighted by Gasteiger charge is 2.27. The molecule has 0 aliphatic carbocycles. The zero-order chi connectivity index (χ0) is 12.4. The van der Waals surface area contributed by atoms with Crippen molar-refractivity contribution in [2.24, 2.45) is 0 Å². The first-order valence-corrected chi connectivity index (χ1v) is 5.94. The Hall–Kier alpha value is -1.79. The SMILES string of the molecule is O[C@H]1CN[C@@H](c2nc(Cc3cccnc3)no2)C1. The molecule has 0 spiro atoms. The van der Waals surface area contributed by atoms with Crippen molar-refractivity contribution in [2.45, 2.75) is 25.0 Å². The first-order chi connectivity index (χ1) is 8.81. The maximum atomic E-state index is 9.44. The van der Waals surface area contributed by atoms with Gasteiger partial charge in [0.25, 0.3) is 0 Å². The predicted octanol–water partition coefficient (Wildman–Crippen LogP) is 0.451. The monoisotopic (exact) mass is 246 g/mol. The molecule has 1 aliphatic rings. The number of hydrogen-bond acceptors (Lipinski definition) is 6. The molecule has 3 rings (SSSR count). The standard InChI is InChI=1S/C12H14N4O2/c17-9-5-10(14-7-9)12-15-11(16-18-12)4-8-2-1-3-13-6-8/h1-3,6,9-10,14,17H,4-5,7H2/t9-,10-/m1/s1. The van der Waals surface area contributed by atoms with Crippen molar-refractivity contribution >= 4 is 0 Å². The van der Waals surface area contributed by atoms with E-state index >= 15 is 0 Å². The van der Waals surface area contributed by atoms with Crippen molar-refractivity contribution in [1.29, 1.82) is 0 Å². The lowest BCUT2D eigenvalue weighted by atomic mass is 10.2. The van der Waals surface area contributed by atoms with E-state index in [4.69, 9.17) is 4.52 Å². The lowest BCUT2D eigenvalue weighted by Gasteiger charge is -2.01. The summed E-state index contributed by atoms with van der Waals surface area (Å²) in [6.07, 6.45) is 4.41. The Morgan fingerprint density at radius 2 is 2.44 bits per heavy atom. The van der Waals surface area contributed by atoms with E-state index in [0.717, 1.165) is 5.56 Å². The van der Waals surface area contributed by atoms with E-state index in [1.807, 2.05) is 12.1 Å². The highest BCUT2D eigenvalue weighted by atomic mass is 16.5. The lowest BCUT2D eigenvalue weighted by molar-refractivity contribution is 0.191. The van der Waals surface area contributed by atoms with Crippen molar-refractivity contribution < 1.29 is 9.63 Å². The predicted molar refractivity (Wildman–Crippen MR) is 62.7 cm³/mol. The Morgan fingerprint density at radius 3 is 3.17 bits per heavy atom. The Bertz CT molecular complexity index is 514. The minimum absolute atomic E-state index is 0.0323. The van der Waals surface area contributed by atoms with E-state index in [1.165, 1.54) is 0 Å². The lowest BCUT2D eigenvalue weighted by Crippen LogP contribution is -2.15. The van der Waals surface area contributed by atoms with Crippen molar-refractivity contribution in [3.63, 3.8) is 0 Å². The summed E-state index contributed by atoms with van der Waals surface area (Å²) in [6.45, 7) is 0.574. The third-order valence-electron chi connectivity index (χ3n) is 2.97. The Kier molecular flexibility index (Phi) is 3.04. The molecule has 18 heavy (non-hydrogen) atoms. The van der Waals surface area contributed by atoms with E-state index < -0.39 is 0 Å². The summed E-state index contributed by atoms with van der Waals surface area (Å²) in [4.78, 5) is 8.39. The molecule has 0 radical (unpaired) electrons. The van der Waals surface area contributed by atoms with Gasteiger partial charge in [0.2, 0.25) is 5.89 Å². The number of rotatable bonds is 3. The molecule has 2 aromatic heterocycles. The molecule has 6 nitrogen and oxygen atoms in total. The number of hydrogen-bond donors (Lipinski definition) is 2. The largest absolute Gasteiger partial charge is 0.392 e. The number of nitrogens with zero attached hydrogens (tertiary/aromatic N) is 3. The second kappa shape index (κ2) is 4.83. The van der Waals surface area contributed by atoms with Crippen LogP contribution in [0.5, 0.6) is 0 Å². The van der Waals surface area contributed by atoms with Gasteiger partial charge in [-0.2, -0.15) is 4.98 Å². The second-order valence-electron chi connectivity index (χ2n) is 4.44. The molecular formula is C12H14N4O2. The van der Waals surface area contributed by atoms with Crippen LogP contribution >= 0.6 is 0 Å². The molecular weight excluding hydrogens is 232 g/mol. The minimum atomic E-state index is -0.330. The molecule has 3 heterocycles. The highest BCUT2D eigenvalue weighted by molar-refractivity contribution is 5.14. The van der Waals surface area contributed by atoms with Gasteiger partial charge in [0, 0.05) is 25.4 Å². The topological polar surface area (TPSA) is 84.1 Å². The minimum Gasteiger partial charge on any atom is -0.392 e. The van der Waals surface area contributed by atoms with E-state index in [-0.39, 0.29) is 12.1 Å². The van der Waals surface area contributed by atoms with Crippen molar-refractivity contribution in [3.05, 3.63) is 41.8 Å². The molecule has 2 aromatic rings. The number of pyridine rings is 1. The summed E-state index contributed by atoms with van der Waals surface area (Å²) >= 11 is 0. The summed E-state index contributed by atoms with van der Waals surface area (Å²) < 4.78 is 5.21. The van der Waals surface area contributed by atoms with Crippen LogP contribution in [0.4, 0.5) is 0 Å². The van der Waals surface area contributed by atoms with Gasteiger partial charge in [-0.05, 0) is 18.1 Å². The zero-order valence-electron chi connectivity index (χ0n) is 9.78. The van der Waals surface area contributed by atoms with Crippen LogP contribution in [-0.4, -0.2) is 32.9 Å². The van der Waals surface area contributed by atoms with Gasteiger partial charge >= 0.3 is 0 Å². The molecule has 0 saturated carbocycles. The molecule has 2 N–H and O–H groups in total. The van der Waals surface area contributed by atoms with Crippen LogP contribution in [0, 0.1) is 0 Å². The highest BCUT2D eigenvalue weighted by Crippen LogP contribution is 2.22. The molecule has 1 fully saturated rings. The summed E-state index contributed by atoms with van der Waals surface area (Å²) in [7, 11) is 0. The third kappa shape index (κ3) is 2.39. The molecule has 0 unspecified atom stereocenters. The average molecular weight is 246 g/mol. The van der Waals surface area contributed by atoms with Gasteiger partial charge in [-0.25, -0.2) is 0 Å². The first-order valence-electron chi connectivity index (χ1n) is 5.94. The van der Waals surface area contributed by atoms with Gasteiger partial charge in [-0.15, -0.1) is 0 Å². The summed E-state index contributed by atoms with van der Waals surface area (Å²) in [6, 6.07) is 3.82. The summed E-state index contributed by atoms with van der Waals surface area (Å²) in [5.41, 5.74) is 1.05. The van der Waals surface area contributed by atoms with E-state index in [2.05, 4.69) is 20.4 Å². The van der Waals surface area contributed by atoms with Crippen LogP contribution in [0.1, 0.15) is 29.7 Å². The number of nitrogens with one attached hydrogen (secondary N) is 1. The second-order valence-corrected chi connectivity index (χ2v) is 4.44. The fraction of sp³-hybridized carbons (Fsp3) is 0.417. The fourth-order valence-corrected chi connectivity index (χ4v) is 2.07. The zero-order valence-corrected chi connectivity index (χ0v) is 9.78. The number of aliphatic hydroxyl groups is 1. The van der Waals surface area contributed by atoms with Gasteiger partial charge in [0.05, 0.1) is 12.1 Å². The van der Waals surface area contributed by atoms with Gasteiger partial charge in [0.1, 0.15) is 0 Å². The van der Waals surface area contributed by atoms with Crippen molar-refractivity contribution in [1.82, 2.24) is 20.4 Å². The van der Waals surface area contributed by atoms with Crippen LogP contribution in [-0.2, 0) is 6.42 Å². The molecule has 1 aliphatic heterocycles. The molecule has 0 amide bonds. The Balaban J connectivity index is 1.70. The molecule has 0 aromatic carbocycles. The van der Waals surface area contributed by atoms with Gasteiger partial charge < -0.3 is 14.9 Å². The first kappa shape index (κ1) is 11.3. The van der Waals surface area contributed by atoms with Crippen LogP contribution < -0.4 is 5.32 Å². The Labute approximate surface area is 104 Å². The Morgan fingerprint density at radius 1 is 1.50 bits per heavy atom. The van der Waals surface area contributed by atoms with Crippen LogP contribution in [0.3, 0.4) is 0 Å². The van der Waals surface area contributed by atoms with Crippen molar-refractivity contribution in [3.8, 4) is 0 Å². The van der Waals surface area contributed by atoms with Gasteiger partial charge in [-0.1, -0.05) is 11.2 Å². The average Bonchev–Trinajstić information content (AvgIpc) is 2.99. The molecule has 94 valence electrons. The van der Waals surface area contributed by atoms with E-state index in [1.54, 1.807) is 12.4 Å². The molecule has 0 bridgehead atoms. The number of aliphatic hydroxyl groups excluding tert-OH is 1. The maximum absolute atomic E-state index is 9.44. The normalized spacial score (nSPS) is 23.4. The fourth-order valence-electron chi connectivity index (χ4n) is 2.07. The molecule has 6 heteroatoms. The number of β-amino-alcohol motifs (C(OH)–C–C–N with tert-alkyl or cyclic N) is 1. The van der Waals surface area contributed by atoms with Crippen molar-refractivity contribution in [2.75, 3.05) is 6.54 Å². The van der Waals surface area contributed by atoms with Gasteiger partial charge in [-0.3, -0.25) is 4.98 Å². The summed E-state index contributed by atoms with van der Waals surface area (Å²) in [5, 5.41) is 16.5. The quantitative estimate of drug-likeness (QED) is 0.818. The van der Waals surface area contributed by atoms with E-state index in [0.29, 0.717) is 31.1 Å². The van der Waals surface area contributed by atoms with Crippen LogP contribution in [0.2, 0.25) is 0 Å². The molecule has 1 saturated heterocycles. The van der Waals surface area contributed by atoms with Crippen LogP contribution in [0.15, 0.2) is 29.0 Å². The number of aromatic nitrogens is 3. The third-order valence-corrected chi connectivity index (χ3v) is 2.97. The van der Waals surface area contributed by atoms with Gasteiger partial charge in [0.15, 0.2) is 5.82 Å². The maximum Gasteiger partial charge on any atom is 0.243 e.